The summed E-state index contributed by atoms with van der Waals surface area (Å²) in [6, 6.07) is 0. The van der Waals surface area contributed by atoms with Gasteiger partial charge in [-0.05, 0) is 31.4 Å². The second-order valence-corrected chi connectivity index (χ2v) is 7.59. The first-order valence-corrected chi connectivity index (χ1v) is 9.60. The highest BCUT2D eigenvalue weighted by atomic mass is 35.5. The molecule has 0 bridgehead atoms. The molecule has 9 heteroatoms. The van der Waals surface area contributed by atoms with Crippen LogP contribution in [0.2, 0.25) is 0 Å². The predicted molar refractivity (Wildman–Crippen MR) is 98.7 cm³/mol. The SMILES string of the molecule is CSc1nnc([C@H](CC(C)C)C(=O)NC(=O)C2(N)CCCCC2)o1.Cl. The van der Waals surface area contributed by atoms with Crippen molar-refractivity contribution in [2.75, 3.05) is 6.26 Å². The number of thioether (sulfide) groups is 1. The lowest BCUT2D eigenvalue weighted by Gasteiger charge is -2.31. The summed E-state index contributed by atoms with van der Waals surface area (Å²) in [5.41, 5.74) is 5.25. The van der Waals surface area contributed by atoms with Crippen LogP contribution in [0, 0.1) is 5.92 Å². The maximum Gasteiger partial charge on any atom is 0.276 e. The summed E-state index contributed by atoms with van der Waals surface area (Å²) in [7, 11) is 0. The van der Waals surface area contributed by atoms with E-state index in [1.54, 1.807) is 0 Å². The molecule has 1 aliphatic rings. The second-order valence-electron chi connectivity index (χ2n) is 6.83. The maximum absolute atomic E-state index is 12.6. The highest BCUT2D eigenvalue weighted by Crippen LogP contribution is 2.28. The number of nitrogens with two attached hydrogens (primary N) is 1. The van der Waals surface area contributed by atoms with Crippen LogP contribution in [0.25, 0.3) is 0 Å². The molecule has 0 spiro atoms. The Hall–Kier alpha value is -1.12. The number of hydrogen-bond acceptors (Lipinski definition) is 7. The quantitative estimate of drug-likeness (QED) is 0.718. The third kappa shape index (κ3) is 5.69. The van der Waals surface area contributed by atoms with E-state index in [2.05, 4.69) is 15.5 Å². The predicted octanol–water partition coefficient (Wildman–Crippen LogP) is 2.65. The highest BCUT2D eigenvalue weighted by molar-refractivity contribution is 7.98. The fourth-order valence-electron chi connectivity index (χ4n) is 2.97. The number of carbonyl (C=O) groups excluding carboxylic acids is 2. The van der Waals surface area contributed by atoms with Gasteiger partial charge in [-0.1, -0.05) is 44.9 Å². The largest absolute Gasteiger partial charge is 0.415 e. The molecule has 3 N–H and O–H groups in total. The lowest BCUT2D eigenvalue weighted by molar-refractivity contribution is -0.135. The Morgan fingerprint density at radius 1 is 1.28 bits per heavy atom. The van der Waals surface area contributed by atoms with E-state index in [-0.39, 0.29) is 24.2 Å². The number of nitrogens with one attached hydrogen (secondary N) is 1. The molecule has 2 amide bonds. The minimum atomic E-state index is -0.949. The Morgan fingerprint density at radius 3 is 2.44 bits per heavy atom. The first-order valence-electron chi connectivity index (χ1n) is 8.37. The molecule has 0 aromatic carbocycles. The zero-order valence-electron chi connectivity index (χ0n) is 14.9. The number of hydrogen-bond donors (Lipinski definition) is 2. The van der Waals surface area contributed by atoms with Gasteiger partial charge in [0, 0.05) is 0 Å². The van der Waals surface area contributed by atoms with Gasteiger partial charge >= 0.3 is 0 Å². The van der Waals surface area contributed by atoms with E-state index in [1.165, 1.54) is 11.8 Å². The van der Waals surface area contributed by atoms with Gasteiger partial charge in [-0.3, -0.25) is 14.9 Å². The molecule has 0 saturated heterocycles. The Balaban J connectivity index is 0.00000312. The van der Waals surface area contributed by atoms with E-state index in [0.717, 1.165) is 19.3 Å². The van der Waals surface area contributed by atoms with Crippen LogP contribution in [0.4, 0.5) is 0 Å². The monoisotopic (exact) mass is 390 g/mol. The number of halogens is 1. The molecule has 1 aromatic rings. The highest BCUT2D eigenvalue weighted by Gasteiger charge is 2.38. The minimum Gasteiger partial charge on any atom is -0.415 e. The molecule has 2 rings (SSSR count). The normalized spacial score (nSPS) is 17.6. The molecule has 1 saturated carbocycles. The van der Waals surface area contributed by atoms with E-state index < -0.39 is 23.3 Å². The van der Waals surface area contributed by atoms with Crippen LogP contribution in [-0.2, 0) is 9.59 Å². The smallest absolute Gasteiger partial charge is 0.276 e. The van der Waals surface area contributed by atoms with E-state index in [0.29, 0.717) is 24.5 Å². The fourth-order valence-corrected chi connectivity index (χ4v) is 3.26. The molecule has 0 radical (unpaired) electrons. The molecule has 25 heavy (non-hydrogen) atoms. The number of nitrogens with zero attached hydrogens (tertiary/aromatic N) is 2. The van der Waals surface area contributed by atoms with E-state index in [1.807, 2.05) is 20.1 Å². The average Bonchev–Trinajstić information content (AvgIpc) is 3.01. The van der Waals surface area contributed by atoms with Crippen molar-refractivity contribution in [3.8, 4) is 0 Å². The summed E-state index contributed by atoms with van der Waals surface area (Å²) in [6.45, 7) is 4.00. The van der Waals surface area contributed by atoms with Crippen molar-refractivity contribution in [2.45, 2.75) is 69.1 Å². The number of imide groups is 1. The Kier molecular flexibility index (Phi) is 8.37. The van der Waals surface area contributed by atoms with Crippen LogP contribution < -0.4 is 11.1 Å². The third-order valence-corrected chi connectivity index (χ3v) is 4.87. The van der Waals surface area contributed by atoms with E-state index in [9.17, 15) is 9.59 Å². The first kappa shape index (κ1) is 21.9. The summed E-state index contributed by atoms with van der Waals surface area (Å²) >= 11 is 1.31. The van der Waals surface area contributed by atoms with Gasteiger partial charge in [0.2, 0.25) is 17.7 Å². The molecule has 7 nitrogen and oxygen atoms in total. The molecule has 1 heterocycles. The Morgan fingerprint density at radius 2 is 1.92 bits per heavy atom. The van der Waals surface area contributed by atoms with Crippen LogP contribution >= 0.6 is 24.2 Å². The van der Waals surface area contributed by atoms with Crippen LogP contribution in [-0.4, -0.2) is 33.8 Å². The van der Waals surface area contributed by atoms with Gasteiger partial charge in [0.15, 0.2) is 0 Å². The Labute approximate surface area is 158 Å². The number of carbonyl (C=O) groups is 2. The minimum absolute atomic E-state index is 0. The lowest BCUT2D eigenvalue weighted by Crippen LogP contribution is -2.56. The summed E-state index contributed by atoms with van der Waals surface area (Å²) in [5, 5.41) is 10.7. The fraction of sp³-hybridized carbons (Fsp3) is 0.750. The molecule has 1 fully saturated rings. The van der Waals surface area contributed by atoms with Crippen molar-refractivity contribution in [2.24, 2.45) is 11.7 Å². The molecule has 1 aliphatic carbocycles. The second kappa shape index (κ2) is 9.54. The van der Waals surface area contributed by atoms with Crippen molar-refractivity contribution in [3.05, 3.63) is 5.89 Å². The van der Waals surface area contributed by atoms with Crippen LogP contribution in [0.15, 0.2) is 9.64 Å². The van der Waals surface area contributed by atoms with Gasteiger partial charge in [0.25, 0.3) is 5.22 Å². The summed E-state index contributed by atoms with van der Waals surface area (Å²) < 4.78 is 5.51. The Bertz CT molecular complexity index is 588. The molecule has 1 atom stereocenters. The molecule has 142 valence electrons. The lowest BCUT2D eigenvalue weighted by atomic mass is 9.81. The number of aromatic nitrogens is 2. The number of rotatable bonds is 6. The van der Waals surface area contributed by atoms with E-state index >= 15 is 0 Å². The summed E-state index contributed by atoms with van der Waals surface area (Å²) in [4.78, 5) is 25.1. The molecular formula is C16H27ClN4O3S. The number of amides is 2. The summed E-state index contributed by atoms with van der Waals surface area (Å²) in [6.07, 6.45) is 6.46. The third-order valence-electron chi connectivity index (χ3n) is 4.35. The van der Waals surface area contributed by atoms with Crippen molar-refractivity contribution in [3.63, 3.8) is 0 Å². The molecule has 1 aromatic heterocycles. The maximum atomic E-state index is 12.6. The molecular weight excluding hydrogens is 364 g/mol. The topological polar surface area (TPSA) is 111 Å². The van der Waals surface area contributed by atoms with Crippen LogP contribution in [0.3, 0.4) is 0 Å². The van der Waals surface area contributed by atoms with E-state index in [4.69, 9.17) is 10.2 Å². The summed E-state index contributed by atoms with van der Waals surface area (Å²) in [5.74, 6) is -0.976. The molecule has 0 unspecified atom stereocenters. The van der Waals surface area contributed by atoms with Gasteiger partial charge in [-0.15, -0.1) is 22.6 Å². The zero-order valence-corrected chi connectivity index (χ0v) is 16.5. The van der Waals surface area contributed by atoms with Gasteiger partial charge < -0.3 is 10.2 Å². The zero-order chi connectivity index (χ0) is 17.7. The van der Waals surface area contributed by atoms with Crippen molar-refractivity contribution in [1.29, 1.82) is 0 Å². The van der Waals surface area contributed by atoms with Crippen LogP contribution in [0.5, 0.6) is 0 Å². The molecule has 0 aliphatic heterocycles. The van der Waals surface area contributed by atoms with Crippen LogP contribution in [0.1, 0.15) is 64.2 Å². The van der Waals surface area contributed by atoms with Gasteiger partial charge in [-0.25, -0.2) is 0 Å². The van der Waals surface area contributed by atoms with Crippen molar-refractivity contribution >= 4 is 36.0 Å². The van der Waals surface area contributed by atoms with Gasteiger partial charge in [0.1, 0.15) is 5.92 Å². The standard InChI is InChI=1S/C16H26N4O3S.ClH/c1-10(2)9-11(13-19-20-15(23-13)24-3)12(21)18-14(22)16(17)7-5-4-6-8-16;/h10-11H,4-9,17H2,1-3H3,(H,18,21,22);1H/t11-;/m1./s1. The first-order chi connectivity index (χ1) is 11.4. The van der Waals surface area contributed by atoms with Crippen molar-refractivity contribution in [1.82, 2.24) is 15.5 Å². The average molecular weight is 391 g/mol. The van der Waals surface area contributed by atoms with Gasteiger partial charge in [-0.2, -0.15) is 0 Å². The van der Waals surface area contributed by atoms with Gasteiger partial charge in [0.05, 0.1) is 5.54 Å². The van der Waals surface area contributed by atoms with Crippen molar-refractivity contribution < 1.29 is 14.0 Å².